The normalized spacial score (nSPS) is 11.3. The van der Waals surface area contributed by atoms with E-state index in [1.54, 1.807) is 23.4 Å². The molecule has 2 aromatic heterocycles. The summed E-state index contributed by atoms with van der Waals surface area (Å²) >= 11 is 0. The van der Waals surface area contributed by atoms with Crippen LogP contribution in [0.25, 0.3) is 21.8 Å². The first kappa shape index (κ1) is 23.5. The zero-order valence-electron chi connectivity index (χ0n) is 19.5. The SMILES string of the molecule is COc1ccc2c(c1)c(CCN)cn2C(=O)CCC(=O)n1cc(CCN)c2cc(OC)ccc21. The lowest BCUT2D eigenvalue weighted by molar-refractivity contribution is 0.0836. The van der Waals surface area contributed by atoms with Gasteiger partial charge in [-0.3, -0.25) is 18.7 Å². The molecule has 8 heteroatoms. The second kappa shape index (κ2) is 10.1. The van der Waals surface area contributed by atoms with Gasteiger partial charge in [-0.15, -0.1) is 0 Å². The first-order chi connectivity index (χ1) is 16.5. The third-order valence-electron chi connectivity index (χ3n) is 6.11. The van der Waals surface area contributed by atoms with Crippen molar-refractivity contribution in [2.45, 2.75) is 25.7 Å². The van der Waals surface area contributed by atoms with Gasteiger partial charge in [0.15, 0.2) is 0 Å². The van der Waals surface area contributed by atoms with Crippen molar-refractivity contribution in [1.82, 2.24) is 9.13 Å². The zero-order valence-corrected chi connectivity index (χ0v) is 19.5. The van der Waals surface area contributed by atoms with E-state index < -0.39 is 0 Å². The molecule has 4 N–H and O–H groups in total. The molecule has 0 aliphatic carbocycles. The van der Waals surface area contributed by atoms with E-state index in [-0.39, 0.29) is 24.7 Å². The number of benzene rings is 2. The molecule has 0 spiro atoms. The predicted octanol–water partition coefficient (Wildman–Crippen LogP) is 3.38. The molecule has 2 heterocycles. The number of hydrogen-bond acceptors (Lipinski definition) is 6. The van der Waals surface area contributed by atoms with Gasteiger partial charge in [-0.25, -0.2) is 0 Å². The van der Waals surface area contributed by atoms with Gasteiger partial charge in [0.25, 0.3) is 0 Å². The van der Waals surface area contributed by atoms with Crippen LogP contribution in [-0.4, -0.2) is 48.3 Å². The Balaban J connectivity index is 1.58. The molecule has 4 aromatic rings. The van der Waals surface area contributed by atoms with Crippen molar-refractivity contribution in [3.05, 3.63) is 59.9 Å². The Morgan fingerprint density at radius 3 is 1.50 bits per heavy atom. The van der Waals surface area contributed by atoms with E-state index in [0.717, 1.165) is 44.4 Å². The van der Waals surface area contributed by atoms with Gasteiger partial charge in [-0.1, -0.05) is 0 Å². The van der Waals surface area contributed by atoms with Gasteiger partial charge in [-0.05, 0) is 73.5 Å². The van der Waals surface area contributed by atoms with E-state index in [1.807, 2.05) is 48.8 Å². The molecule has 34 heavy (non-hydrogen) atoms. The Kier molecular flexibility index (Phi) is 7.00. The Morgan fingerprint density at radius 1 is 0.735 bits per heavy atom. The summed E-state index contributed by atoms with van der Waals surface area (Å²) in [7, 11) is 3.22. The number of fused-ring (bicyclic) bond motifs is 2. The highest BCUT2D eigenvalue weighted by Crippen LogP contribution is 2.28. The van der Waals surface area contributed by atoms with Crippen LogP contribution >= 0.6 is 0 Å². The summed E-state index contributed by atoms with van der Waals surface area (Å²) in [6.45, 7) is 0.944. The zero-order chi connectivity index (χ0) is 24.2. The third-order valence-corrected chi connectivity index (χ3v) is 6.11. The van der Waals surface area contributed by atoms with E-state index in [9.17, 15) is 9.59 Å². The monoisotopic (exact) mass is 462 g/mol. The largest absolute Gasteiger partial charge is 0.497 e. The van der Waals surface area contributed by atoms with Crippen LogP contribution in [0.15, 0.2) is 48.8 Å². The fourth-order valence-corrected chi connectivity index (χ4v) is 4.39. The molecule has 0 radical (unpaired) electrons. The van der Waals surface area contributed by atoms with Crippen molar-refractivity contribution in [2.75, 3.05) is 27.3 Å². The molecule has 8 nitrogen and oxygen atoms in total. The number of rotatable bonds is 9. The van der Waals surface area contributed by atoms with Crippen molar-refractivity contribution < 1.29 is 19.1 Å². The summed E-state index contributed by atoms with van der Waals surface area (Å²) in [5, 5.41) is 1.86. The van der Waals surface area contributed by atoms with E-state index in [1.165, 1.54) is 0 Å². The van der Waals surface area contributed by atoms with Crippen LogP contribution in [-0.2, 0) is 12.8 Å². The molecule has 0 saturated heterocycles. The van der Waals surface area contributed by atoms with E-state index in [0.29, 0.717) is 25.9 Å². The van der Waals surface area contributed by atoms with Gasteiger partial charge < -0.3 is 20.9 Å². The van der Waals surface area contributed by atoms with E-state index >= 15 is 0 Å². The molecule has 2 aromatic carbocycles. The predicted molar refractivity (Wildman–Crippen MR) is 133 cm³/mol. The van der Waals surface area contributed by atoms with Crippen LogP contribution in [0.2, 0.25) is 0 Å². The van der Waals surface area contributed by atoms with Crippen LogP contribution in [0, 0.1) is 0 Å². The molecule has 0 atom stereocenters. The van der Waals surface area contributed by atoms with Crippen LogP contribution in [0.4, 0.5) is 0 Å². The second-order valence-electron chi connectivity index (χ2n) is 8.18. The average Bonchev–Trinajstić information content (AvgIpc) is 3.40. The maximum Gasteiger partial charge on any atom is 0.231 e. The Morgan fingerprint density at radius 2 is 1.15 bits per heavy atom. The van der Waals surface area contributed by atoms with Crippen molar-refractivity contribution >= 4 is 33.6 Å². The molecule has 0 aliphatic rings. The molecule has 0 saturated carbocycles. The number of hydrogen-bond donors (Lipinski definition) is 2. The number of ether oxygens (including phenoxy) is 2. The first-order valence-corrected chi connectivity index (χ1v) is 11.3. The van der Waals surface area contributed by atoms with Crippen molar-refractivity contribution in [2.24, 2.45) is 11.5 Å². The summed E-state index contributed by atoms with van der Waals surface area (Å²) in [6, 6.07) is 11.2. The van der Waals surface area contributed by atoms with Gasteiger partial charge in [0.05, 0.1) is 25.3 Å². The number of carbonyl (C=O) groups excluding carboxylic acids is 2. The van der Waals surface area contributed by atoms with Crippen molar-refractivity contribution in [3.63, 3.8) is 0 Å². The highest BCUT2D eigenvalue weighted by atomic mass is 16.5. The summed E-state index contributed by atoms with van der Waals surface area (Å²) < 4.78 is 13.9. The second-order valence-corrected chi connectivity index (χ2v) is 8.18. The minimum absolute atomic E-state index is 0.0821. The van der Waals surface area contributed by atoms with Gasteiger partial charge in [0.2, 0.25) is 11.8 Å². The molecule has 0 fully saturated rings. The Labute approximate surface area is 198 Å². The molecule has 4 rings (SSSR count). The first-order valence-electron chi connectivity index (χ1n) is 11.3. The van der Waals surface area contributed by atoms with E-state index in [2.05, 4.69) is 0 Å². The van der Waals surface area contributed by atoms with E-state index in [4.69, 9.17) is 20.9 Å². The van der Waals surface area contributed by atoms with Gasteiger partial charge in [0, 0.05) is 36.0 Å². The molecular weight excluding hydrogens is 432 g/mol. The van der Waals surface area contributed by atoms with Crippen LogP contribution in [0.3, 0.4) is 0 Å². The number of methoxy groups -OCH3 is 2. The number of nitrogens with two attached hydrogens (primary N) is 2. The number of nitrogens with zero attached hydrogens (tertiary/aromatic N) is 2. The lowest BCUT2D eigenvalue weighted by Gasteiger charge is -2.07. The highest BCUT2D eigenvalue weighted by Gasteiger charge is 2.18. The minimum atomic E-state index is -0.146. The molecule has 178 valence electrons. The van der Waals surface area contributed by atoms with Crippen molar-refractivity contribution in [3.8, 4) is 11.5 Å². The standard InChI is InChI=1S/C26H30N4O4/c1-33-19-3-5-23-21(13-19)17(9-11-27)15-29(23)25(31)7-8-26(32)30-16-18(10-12-28)22-14-20(34-2)4-6-24(22)30/h3-6,13-16H,7-12,27-28H2,1-2H3. The lowest BCUT2D eigenvalue weighted by Crippen LogP contribution is -2.15. The van der Waals surface area contributed by atoms with Crippen LogP contribution < -0.4 is 20.9 Å². The Hall–Kier alpha value is -3.62. The van der Waals surface area contributed by atoms with Crippen LogP contribution in [0.5, 0.6) is 11.5 Å². The van der Waals surface area contributed by atoms with Gasteiger partial charge in [0.1, 0.15) is 11.5 Å². The third kappa shape index (κ3) is 4.42. The molecule has 0 aliphatic heterocycles. The summed E-state index contributed by atoms with van der Waals surface area (Å²) in [5.41, 5.74) is 15.1. The Bertz CT molecular complexity index is 1250. The molecule has 0 bridgehead atoms. The lowest BCUT2D eigenvalue weighted by atomic mass is 10.1. The van der Waals surface area contributed by atoms with Gasteiger partial charge >= 0.3 is 0 Å². The summed E-state index contributed by atoms with van der Waals surface area (Å²) in [5.74, 6) is 1.14. The topological polar surface area (TPSA) is 114 Å². The molecule has 0 amide bonds. The van der Waals surface area contributed by atoms with Crippen LogP contribution in [0.1, 0.15) is 33.6 Å². The van der Waals surface area contributed by atoms with Gasteiger partial charge in [-0.2, -0.15) is 0 Å². The fourth-order valence-electron chi connectivity index (χ4n) is 4.39. The minimum Gasteiger partial charge on any atom is -0.497 e. The highest BCUT2D eigenvalue weighted by molar-refractivity contribution is 5.99. The number of aromatic nitrogens is 2. The smallest absolute Gasteiger partial charge is 0.231 e. The summed E-state index contributed by atoms with van der Waals surface area (Å²) in [4.78, 5) is 26.3. The molecular formula is C26H30N4O4. The fraction of sp³-hybridized carbons (Fsp3) is 0.308. The molecule has 0 unspecified atom stereocenters. The maximum atomic E-state index is 13.1. The summed E-state index contributed by atoms with van der Waals surface area (Å²) in [6.07, 6.45) is 5.09. The number of carbonyl (C=O) groups is 2. The van der Waals surface area contributed by atoms with Crippen molar-refractivity contribution in [1.29, 1.82) is 0 Å². The average molecular weight is 463 g/mol. The maximum absolute atomic E-state index is 13.1. The quantitative estimate of drug-likeness (QED) is 0.394.